The van der Waals surface area contributed by atoms with Gasteiger partial charge in [0.1, 0.15) is 0 Å². The molecule has 1 saturated carbocycles. The molecule has 0 amide bonds. The van der Waals surface area contributed by atoms with E-state index in [0.717, 1.165) is 44.8 Å². The molecule has 3 atom stereocenters. The minimum absolute atomic E-state index is 0.186. The Hall–Kier alpha value is -0.900. The second-order valence-electron chi connectivity index (χ2n) is 8.06. The maximum Gasteiger partial charge on any atom is 0.0901 e. The fraction of sp³-hybridized carbons (Fsp3) is 0.700. The largest absolute Gasteiger partial charge is 0.385 e. The molecule has 0 unspecified atom stereocenters. The third kappa shape index (κ3) is 3.33. The van der Waals surface area contributed by atoms with E-state index in [1.165, 1.54) is 6.42 Å². The molecule has 1 aliphatic carbocycles. The summed E-state index contributed by atoms with van der Waals surface area (Å²) in [7, 11) is 0. The number of morpholine rings is 1. The lowest BCUT2D eigenvalue weighted by molar-refractivity contribution is -0.156. The number of rotatable bonds is 5. The van der Waals surface area contributed by atoms with Crippen LogP contribution in [0.15, 0.2) is 30.3 Å². The van der Waals surface area contributed by atoms with Gasteiger partial charge in [0.25, 0.3) is 0 Å². The van der Waals surface area contributed by atoms with E-state index >= 15 is 0 Å². The highest BCUT2D eigenvalue weighted by molar-refractivity contribution is 5.25. The Morgan fingerprint density at radius 3 is 2.48 bits per heavy atom. The molecular weight excluding hydrogens is 286 g/mol. The molecule has 1 aromatic rings. The molecule has 2 fully saturated rings. The van der Waals surface area contributed by atoms with E-state index in [2.05, 4.69) is 30.9 Å². The maximum absolute atomic E-state index is 11.1. The lowest BCUT2D eigenvalue weighted by Crippen LogP contribution is -2.55. The first-order chi connectivity index (χ1) is 10.9. The highest BCUT2D eigenvalue weighted by atomic mass is 16.5. The molecule has 128 valence electrons. The van der Waals surface area contributed by atoms with Crippen LogP contribution in [0.2, 0.25) is 0 Å². The van der Waals surface area contributed by atoms with Gasteiger partial charge in [-0.3, -0.25) is 4.90 Å². The predicted molar refractivity (Wildman–Crippen MR) is 93.3 cm³/mol. The lowest BCUT2D eigenvalue weighted by Gasteiger charge is -2.58. The third-order valence-corrected chi connectivity index (χ3v) is 6.40. The smallest absolute Gasteiger partial charge is 0.0901 e. The van der Waals surface area contributed by atoms with Crippen molar-refractivity contribution in [3.63, 3.8) is 0 Å². The highest BCUT2D eigenvalue weighted by Crippen LogP contribution is 2.59. The Kier molecular flexibility index (Phi) is 4.82. The molecule has 1 N–H and O–H groups in total. The molecule has 3 heteroatoms. The number of hydrogen-bond acceptors (Lipinski definition) is 3. The summed E-state index contributed by atoms with van der Waals surface area (Å²) in [4.78, 5) is 2.52. The highest BCUT2D eigenvalue weighted by Gasteiger charge is 2.55. The number of aliphatic hydroxyl groups is 1. The average Bonchev–Trinajstić information content (AvgIpc) is 2.55. The molecule has 0 spiro atoms. The molecule has 3 nitrogen and oxygen atoms in total. The number of benzene rings is 1. The zero-order valence-corrected chi connectivity index (χ0v) is 14.8. The van der Waals surface area contributed by atoms with E-state index in [1.54, 1.807) is 0 Å². The fourth-order valence-electron chi connectivity index (χ4n) is 4.60. The van der Waals surface area contributed by atoms with Crippen molar-refractivity contribution in [3.05, 3.63) is 35.9 Å². The van der Waals surface area contributed by atoms with Gasteiger partial charge in [0.2, 0.25) is 0 Å². The van der Waals surface area contributed by atoms with Crippen molar-refractivity contribution in [1.29, 1.82) is 0 Å². The second kappa shape index (κ2) is 6.54. The van der Waals surface area contributed by atoms with Gasteiger partial charge in [0, 0.05) is 13.1 Å². The molecule has 0 radical (unpaired) electrons. The number of nitrogens with zero attached hydrogens (tertiary/aromatic N) is 1. The Morgan fingerprint density at radius 2 is 1.87 bits per heavy atom. The molecule has 1 aliphatic heterocycles. The summed E-state index contributed by atoms with van der Waals surface area (Å²) in [6, 6.07) is 10.2. The van der Waals surface area contributed by atoms with Crippen molar-refractivity contribution < 1.29 is 9.84 Å². The third-order valence-electron chi connectivity index (χ3n) is 6.40. The van der Waals surface area contributed by atoms with E-state index in [4.69, 9.17) is 4.74 Å². The minimum Gasteiger partial charge on any atom is -0.385 e. The van der Waals surface area contributed by atoms with Gasteiger partial charge in [0.15, 0.2) is 0 Å². The van der Waals surface area contributed by atoms with Crippen molar-refractivity contribution in [1.82, 2.24) is 4.90 Å². The standard InChI is InChI=1S/C20H31NO2/c1-19(2)17(9-10-21-11-13-23-14-12-21)15-18(19)20(3,22)16-7-5-4-6-8-16/h4-8,17-18,22H,9-15H2,1-3H3/t17-,18+,20+/m0/s1. The van der Waals surface area contributed by atoms with Crippen molar-refractivity contribution >= 4 is 0 Å². The van der Waals surface area contributed by atoms with Gasteiger partial charge in [0.05, 0.1) is 18.8 Å². The van der Waals surface area contributed by atoms with Crippen LogP contribution in [0.5, 0.6) is 0 Å². The molecule has 0 bridgehead atoms. The summed E-state index contributed by atoms with van der Waals surface area (Å²) < 4.78 is 5.42. The SMILES string of the molecule is CC1(C)[C@@H](CCN2CCOCC2)C[C@H]1[C@](C)(O)c1ccccc1. The quantitative estimate of drug-likeness (QED) is 0.904. The van der Waals surface area contributed by atoms with Crippen LogP contribution in [0, 0.1) is 17.3 Å². The first-order valence-corrected chi connectivity index (χ1v) is 9.00. The van der Waals surface area contributed by atoms with E-state index in [9.17, 15) is 5.11 Å². The first-order valence-electron chi connectivity index (χ1n) is 9.00. The van der Waals surface area contributed by atoms with Crippen LogP contribution < -0.4 is 0 Å². The summed E-state index contributed by atoms with van der Waals surface area (Å²) in [5, 5.41) is 11.1. The minimum atomic E-state index is -0.736. The van der Waals surface area contributed by atoms with Gasteiger partial charge in [-0.2, -0.15) is 0 Å². The topological polar surface area (TPSA) is 32.7 Å². The number of hydrogen-bond donors (Lipinski definition) is 1. The predicted octanol–water partition coefficient (Wildman–Crippen LogP) is 3.28. The monoisotopic (exact) mass is 317 g/mol. The summed E-state index contributed by atoms with van der Waals surface area (Å²) >= 11 is 0. The molecule has 2 aliphatic rings. The summed E-state index contributed by atoms with van der Waals surface area (Å²) in [5.74, 6) is 1.03. The van der Waals surface area contributed by atoms with Crippen LogP contribution in [-0.4, -0.2) is 42.9 Å². The van der Waals surface area contributed by atoms with Crippen molar-refractivity contribution in [2.75, 3.05) is 32.8 Å². The molecule has 23 heavy (non-hydrogen) atoms. The molecular formula is C20H31NO2. The van der Waals surface area contributed by atoms with Crippen LogP contribution in [0.4, 0.5) is 0 Å². The normalized spacial score (nSPS) is 30.4. The fourth-order valence-corrected chi connectivity index (χ4v) is 4.60. The van der Waals surface area contributed by atoms with Crippen molar-refractivity contribution in [3.8, 4) is 0 Å². The van der Waals surface area contributed by atoms with Crippen LogP contribution in [0.1, 0.15) is 39.2 Å². The maximum atomic E-state index is 11.1. The van der Waals surface area contributed by atoms with E-state index in [0.29, 0.717) is 11.8 Å². The van der Waals surface area contributed by atoms with Crippen molar-refractivity contribution in [2.24, 2.45) is 17.3 Å². The zero-order valence-electron chi connectivity index (χ0n) is 14.8. The Morgan fingerprint density at radius 1 is 1.22 bits per heavy atom. The first kappa shape index (κ1) is 16.9. The van der Waals surface area contributed by atoms with Gasteiger partial charge >= 0.3 is 0 Å². The molecule has 1 aromatic carbocycles. The molecule has 1 heterocycles. The second-order valence-corrected chi connectivity index (χ2v) is 8.06. The van der Waals surface area contributed by atoms with E-state index in [1.807, 2.05) is 25.1 Å². The van der Waals surface area contributed by atoms with Crippen LogP contribution in [-0.2, 0) is 10.3 Å². The van der Waals surface area contributed by atoms with Gasteiger partial charge in [-0.15, -0.1) is 0 Å². The zero-order chi connectivity index (χ0) is 16.5. The lowest BCUT2D eigenvalue weighted by atomic mass is 9.48. The van der Waals surface area contributed by atoms with Crippen molar-refractivity contribution in [2.45, 2.75) is 39.2 Å². The Balaban J connectivity index is 1.59. The van der Waals surface area contributed by atoms with E-state index < -0.39 is 5.60 Å². The average molecular weight is 317 g/mol. The van der Waals surface area contributed by atoms with Crippen LogP contribution >= 0.6 is 0 Å². The van der Waals surface area contributed by atoms with Crippen LogP contribution in [0.25, 0.3) is 0 Å². The van der Waals surface area contributed by atoms with Crippen LogP contribution in [0.3, 0.4) is 0 Å². The summed E-state index contributed by atoms with van der Waals surface area (Å²) in [6.07, 6.45) is 2.35. The van der Waals surface area contributed by atoms with Gasteiger partial charge in [-0.05, 0) is 49.1 Å². The number of ether oxygens (including phenoxy) is 1. The van der Waals surface area contributed by atoms with E-state index in [-0.39, 0.29) is 5.41 Å². The Bertz CT molecular complexity index is 506. The van der Waals surface area contributed by atoms with Gasteiger partial charge in [-0.25, -0.2) is 0 Å². The molecule has 1 saturated heterocycles. The molecule has 3 rings (SSSR count). The van der Waals surface area contributed by atoms with Gasteiger partial charge < -0.3 is 9.84 Å². The summed E-state index contributed by atoms with van der Waals surface area (Å²) in [5.41, 5.74) is 0.496. The summed E-state index contributed by atoms with van der Waals surface area (Å²) in [6.45, 7) is 11.7. The van der Waals surface area contributed by atoms with Gasteiger partial charge in [-0.1, -0.05) is 44.2 Å². The molecule has 0 aromatic heterocycles. The Labute approximate surface area is 140 Å².